The number of amides is 1. The molecule has 168 valence electrons. The van der Waals surface area contributed by atoms with Crippen LogP contribution in [0.4, 0.5) is 4.39 Å². The van der Waals surface area contributed by atoms with Gasteiger partial charge in [0.1, 0.15) is 0 Å². The maximum atomic E-state index is 13.9. The van der Waals surface area contributed by atoms with Crippen LogP contribution >= 0.6 is 0 Å². The van der Waals surface area contributed by atoms with E-state index in [2.05, 4.69) is 0 Å². The molecule has 0 unspecified atom stereocenters. The van der Waals surface area contributed by atoms with Gasteiger partial charge in [-0.3, -0.25) is 4.79 Å². The van der Waals surface area contributed by atoms with Gasteiger partial charge in [0.15, 0.2) is 11.6 Å². The fourth-order valence-electron chi connectivity index (χ4n) is 3.95. The molecule has 1 aliphatic rings. The molecule has 6 nitrogen and oxygen atoms in total. The Morgan fingerprint density at radius 2 is 1.71 bits per heavy atom. The third-order valence-electron chi connectivity index (χ3n) is 5.85. The Hall–Kier alpha value is -2.45. The average Bonchev–Trinajstić information content (AvgIpc) is 2.78. The van der Waals surface area contributed by atoms with Crippen molar-refractivity contribution in [3.8, 4) is 5.75 Å². The minimum absolute atomic E-state index is 0.0242. The number of ether oxygens (including phenoxy) is 1. The Bertz CT molecular complexity index is 1020. The molecule has 3 rings (SSSR count). The lowest BCUT2D eigenvalue weighted by atomic mass is 9.96. The van der Waals surface area contributed by atoms with E-state index in [4.69, 9.17) is 4.74 Å². The Morgan fingerprint density at radius 1 is 1.06 bits per heavy atom. The van der Waals surface area contributed by atoms with Gasteiger partial charge in [-0.1, -0.05) is 25.3 Å². The maximum Gasteiger partial charge on any atom is 0.253 e. The summed E-state index contributed by atoms with van der Waals surface area (Å²) in [5.74, 6) is -0.619. The van der Waals surface area contributed by atoms with Gasteiger partial charge < -0.3 is 9.64 Å². The van der Waals surface area contributed by atoms with E-state index in [1.54, 1.807) is 20.2 Å². The first-order chi connectivity index (χ1) is 14.7. The van der Waals surface area contributed by atoms with E-state index in [0.717, 1.165) is 32.1 Å². The van der Waals surface area contributed by atoms with Gasteiger partial charge in [0, 0.05) is 32.2 Å². The van der Waals surface area contributed by atoms with Crippen LogP contribution in [0.2, 0.25) is 0 Å². The topological polar surface area (TPSA) is 66.9 Å². The zero-order valence-corrected chi connectivity index (χ0v) is 19.0. The second-order valence-corrected chi connectivity index (χ2v) is 9.97. The Balaban J connectivity index is 1.69. The maximum absolute atomic E-state index is 13.9. The first-order valence-electron chi connectivity index (χ1n) is 10.4. The van der Waals surface area contributed by atoms with E-state index in [9.17, 15) is 17.6 Å². The van der Waals surface area contributed by atoms with Crippen molar-refractivity contribution in [1.29, 1.82) is 0 Å². The van der Waals surface area contributed by atoms with E-state index in [-0.39, 0.29) is 29.1 Å². The molecule has 2 aromatic carbocycles. The van der Waals surface area contributed by atoms with E-state index >= 15 is 0 Å². The van der Waals surface area contributed by atoms with Crippen molar-refractivity contribution in [2.24, 2.45) is 0 Å². The molecule has 31 heavy (non-hydrogen) atoms. The molecule has 8 heteroatoms. The standard InChI is InChI=1S/C23H29FN2O4S/c1-25(16-17-9-14-22(30-3)21(24)15-17)23(27)18-10-12-20(13-11-18)31(28,29)26(2)19-7-5-4-6-8-19/h9-15,19H,4-8,16H2,1-3H3. The largest absolute Gasteiger partial charge is 0.494 e. The molecule has 2 aromatic rings. The third kappa shape index (κ3) is 5.25. The molecule has 0 aromatic heterocycles. The Kier molecular flexibility index (Phi) is 7.33. The van der Waals surface area contributed by atoms with Gasteiger partial charge in [-0.25, -0.2) is 12.8 Å². The smallest absolute Gasteiger partial charge is 0.253 e. The summed E-state index contributed by atoms with van der Waals surface area (Å²) in [6, 6.07) is 10.6. The van der Waals surface area contributed by atoms with Crippen LogP contribution < -0.4 is 4.74 Å². The first-order valence-corrected chi connectivity index (χ1v) is 11.8. The van der Waals surface area contributed by atoms with Gasteiger partial charge in [-0.05, 0) is 54.8 Å². The SMILES string of the molecule is COc1ccc(CN(C)C(=O)c2ccc(S(=O)(=O)N(C)C3CCCCC3)cc2)cc1F. The fourth-order valence-corrected chi connectivity index (χ4v) is 5.37. The van der Waals surface area contributed by atoms with Crippen molar-refractivity contribution in [1.82, 2.24) is 9.21 Å². The molecule has 1 saturated carbocycles. The molecule has 0 atom stereocenters. The van der Waals surface area contributed by atoms with Crippen LogP contribution in [-0.4, -0.2) is 50.8 Å². The normalized spacial score (nSPS) is 15.1. The van der Waals surface area contributed by atoms with Crippen molar-refractivity contribution in [3.05, 3.63) is 59.4 Å². The number of benzene rings is 2. The minimum Gasteiger partial charge on any atom is -0.494 e. The zero-order valence-electron chi connectivity index (χ0n) is 18.2. The number of carbonyl (C=O) groups excluding carboxylic acids is 1. The van der Waals surface area contributed by atoms with Gasteiger partial charge in [-0.2, -0.15) is 4.31 Å². The summed E-state index contributed by atoms with van der Waals surface area (Å²) in [6.07, 6.45) is 4.99. The number of halogens is 1. The van der Waals surface area contributed by atoms with Gasteiger partial charge in [-0.15, -0.1) is 0 Å². The molecule has 0 saturated heterocycles. The van der Waals surface area contributed by atoms with E-state index in [0.29, 0.717) is 11.1 Å². The van der Waals surface area contributed by atoms with Crippen LogP contribution in [0.5, 0.6) is 5.75 Å². The predicted octanol–water partition coefficient (Wildman–Crippen LogP) is 4.06. The van der Waals surface area contributed by atoms with Crippen LogP contribution in [0.25, 0.3) is 0 Å². The number of sulfonamides is 1. The number of nitrogens with zero attached hydrogens (tertiary/aromatic N) is 2. The average molecular weight is 449 g/mol. The molecule has 0 radical (unpaired) electrons. The second-order valence-electron chi connectivity index (χ2n) is 7.97. The number of rotatable bonds is 7. The molecular formula is C23H29FN2O4S. The van der Waals surface area contributed by atoms with Crippen molar-refractivity contribution in [2.75, 3.05) is 21.2 Å². The fraction of sp³-hybridized carbons (Fsp3) is 0.435. The highest BCUT2D eigenvalue weighted by Gasteiger charge is 2.29. The summed E-state index contributed by atoms with van der Waals surface area (Å²) in [7, 11) is 1.04. The lowest BCUT2D eigenvalue weighted by Gasteiger charge is -2.30. The second kappa shape index (κ2) is 9.78. The summed E-state index contributed by atoms with van der Waals surface area (Å²) in [4.78, 5) is 14.4. The Morgan fingerprint density at radius 3 is 2.29 bits per heavy atom. The highest BCUT2D eigenvalue weighted by molar-refractivity contribution is 7.89. The Labute approximate surface area is 183 Å². The van der Waals surface area contributed by atoms with Crippen LogP contribution in [0, 0.1) is 5.82 Å². The molecule has 1 aliphatic carbocycles. The molecule has 0 heterocycles. The van der Waals surface area contributed by atoms with Crippen LogP contribution in [0.1, 0.15) is 48.0 Å². The third-order valence-corrected chi connectivity index (χ3v) is 7.77. The monoisotopic (exact) mass is 448 g/mol. The molecule has 1 amide bonds. The molecule has 0 N–H and O–H groups in total. The minimum atomic E-state index is -3.61. The summed E-state index contributed by atoms with van der Waals surface area (Å²) < 4.78 is 46.2. The van der Waals surface area contributed by atoms with Crippen LogP contribution in [0.15, 0.2) is 47.4 Å². The summed E-state index contributed by atoms with van der Waals surface area (Å²) in [6.45, 7) is 0.213. The summed E-state index contributed by atoms with van der Waals surface area (Å²) in [5, 5.41) is 0. The summed E-state index contributed by atoms with van der Waals surface area (Å²) in [5.41, 5.74) is 0.998. The highest BCUT2D eigenvalue weighted by Crippen LogP contribution is 2.27. The number of hydrogen-bond donors (Lipinski definition) is 0. The van der Waals surface area contributed by atoms with E-state index < -0.39 is 15.8 Å². The van der Waals surface area contributed by atoms with Gasteiger partial charge in [0.2, 0.25) is 10.0 Å². The number of carbonyl (C=O) groups is 1. The number of methoxy groups -OCH3 is 1. The van der Waals surface area contributed by atoms with Gasteiger partial charge in [0.25, 0.3) is 5.91 Å². The van der Waals surface area contributed by atoms with Crippen molar-refractivity contribution >= 4 is 15.9 Å². The van der Waals surface area contributed by atoms with E-state index in [1.807, 2.05) is 0 Å². The van der Waals surface area contributed by atoms with Crippen molar-refractivity contribution in [3.63, 3.8) is 0 Å². The quantitative estimate of drug-likeness (QED) is 0.641. The lowest BCUT2D eigenvalue weighted by molar-refractivity contribution is 0.0785. The lowest BCUT2D eigenvalue weighted by Crippen LogP contribution is -2.38. The van der Waals surface area contributed by atoms with Crippen LogP contribution in [0.3, 0.4) is 0 Å². The van der Waals surface area contributed by atoms with Crippen molar-refractivity contribution < 1.29 is 22.3 Å². The molecule has 0 aliphatic heterocycles. The molecule has 1 fully saturated rings. The zero-order chi connectivity index (χ0) is 22.6. The number of hydrogen-bond acceptors (Lipinski definition) is 4. The van der Waals surface area contributed by atoms with Crippen LogP contribution in [-0.2, 0) is 16.6 Å². The summed E-state index contributed by atoms with van der Waals surface area (Å²) >= 11 is 0. The molecule has 0 spiro atoms. The van der Waals surface area contributed by atoms with E-state index in [1.165, 1.54) is 52.7 Å². The molecular weight excluding hydrogens is 419 g/mol. The van der Waals surface area contributed by atoms with Gasteiger partial charge in [0.05, 0.1) is 12.0 Å². The molecule has 0 bridgehead atoms. The highest BCUT2D eigenvalue weighted by atomic mass is 32.2. The first kappa shape index (κ1) is 23.2. The predicted molar refractivity (Wildman–Crippen MR) is 117 cm³/mol. The van der Waals surface area contributed by atoms with Gasteiger partial charge >= 0.3 is 0 Å². The van der Waals surface area contributed by atoms with Crippen molar-refractivity contribution in [2.45, 2.75) is 49.6 Å².